The van der Waals surface area contributed by atoms with Crippen LogP contribution in [0.1, 0.15) is 18.7 Å². The van der Waals surface area contributed by atoms with Crippen molar-refractivity contribution in [3.05, 3.63) is 18.2 Å². The first kappa shape index (κ1) is 13.9. The van der Waals surface area contributed by atoms with E-state index in [-0.39, 0.29) is 18.9 Å². The highest BCUT2D eigenvalue weighted by Crippen LogP contribution is 2.22. The fourth-order valence-corrected chi connectivity index (χ4v) is 2.74. The SMILES string of the molecule is O=C(NC1(C(=O)O)CCOCC1)N1CCn2ccnc2C1. The standard InChI is InChI=1S/C13H18N4O4/c18-11(19)13(1-7-21-8-2-13)15-12(20)17-6-5-16-4-3-14-10(16)9-17/h3-4H,1-2,5-9H2,(H,15,20)(H,18,19). The lowest BCUT2D eigenvalue weighted by Gasteiger charge is -2.36. The van der Waals surface area contributed by atoms with Gasteiger partial charge in [0.15, 0.2) is 0 Å². The van der Waals surface area contributed by atoms with Gasteiger partial charge in [0.2, 0.25) is 0 Å². The lowest BCUT2D eigenvalue weighted by Crippen LogP contribution is -2.60. The van der Waals surface area contributed by atoms with E-state index in [9.17, 15) is 14.7 Å². The topological polar surface area (TPSA) is 96.7 Å². The average Bonchev–Trinajstić information content (AvgIpc) is 2.95. The third-order valence-corrected chi connectivity index (χ3v) is 4.13. The fraction of sp³-hybridized carbons (Fsp3) is 0.615. The summed E-state index contributed by atoms with van der Waals surface area (Å²) in [6, 6.07) is -0.353. The number of nitrogens with one attached hydrogen (secondary N) is 1. The maximum atomic E-state index is 12.4. The van der Waals surface area contributed by atoms with Crippen LogP contribution in [0.5, 0.6) is 0 Å². The zero-order valence-electron chi connectivity index (χ0n) is 11.6. The monoisotopic (exact) mass is 294 g/mol. The number of carboxylic acids is 1. The first-order chi connectivity index (χ1) is 10.1. The summed E-state index contributed by atoms with van der Waals surface area (Å²) in [6.07, 6.45) is 4.16. The summed E-state index contributed by atoms with van der Waals surface area (Å²) in [6.45, 7) is 2.30. The van der Waals surface area contributed by atoms with E-state index in [1.807, 2.05) is 10.8 Å². The molecule has 1 aromatic heterocycles. The zero-order chi connectivity index (χ0) is 14.9. The summed E-state index contributed by atoms with van der Waals surface area (Å²) in [5, 5.41) is 12.2. The Morgan fingerprint density at radius 2 is 2.10 bits per heavy atom. The number of aromatic nitrogens is 2. The second kappa shape index (κ2) is 5.36. The van der Waals surface area contributed by atoms with Crippen molar-refractivity contribution in [1.29, 1.82) is 0 Å². The van der Waals surface area contributed by atoms with Gasteiger partial charge in [-0.15, -0.1) is 0 Å². The molecule has 21 heavy (non-hydrogen) atoms. The Morgan fingerprint density at radius 3 is 2.81 bits per heavy atom. The quantitative estimate of drug-likeness (QED) is 0.803. The molecule has 0 atom stereocenters. The maximum absolute atomic E-state index is 12.4. The highest BCUT2D eigenvalue weighted by molar-refractivity contribution is 5.86. The van der Waals surface area contributed by atoms with Crippen LogP contribution >= 0.6 is 0 Å². The van der Waals surface area contributed by atoms with Crippen LogP contribution in [0.4, 0.5) is 4.79 Å². The number of urea groups is 1. The van der Waals surface area contributed by atoms with E-state index >= 15 is 0 Å². The molecule has 8 nitrogen and oxygen atoms in total. The predicted octanol–water partition coefficient (Wildman–Crippen LogP) is 0.0421. The van der Waals surface area contributed by atoms with Gasteiger partial charge in [-0.2, -0.15) is 0 Å². The molecule has 0 aromatic carbocycles. The zero-order valence-corrected chi connectivity index (χ0v) is 11.6. The van der Waals surface area contributed by atoms with Gasteiger partial charge in [0, 0.05) is 51.5 Å². The Hall–Kier alpha value is -2.09. The van der Waals surface area contributed by atoms with Crippen molar-refractivity contribution in [1.82, 2.24) is 19.8 Å². The summed E-state index contributed by atoms with van der Waals surface area (Å²) >= 11 is 0. The van der Waals surface area contributed by atoms with Crippen molar-refractivity contribution in [3.63, 3.8) is 0 Å². The molecule has 1 aromatic rings. The summed E-state index contributed by atoms with van der Waals surface area (Å²) in [4.78, 5) is 29.7. The van der Waals surface area contributed by atoms with Crippen molar-refractivity contribution in [3.8, 4) is 0 Å². The van der Waals surface area contributed by atoms with Crippen LogP contribution in [-0.4, -0.2) is 56.9 Å². The molecule has 2 N–H and O–H groups in total. The normalized spacial score (nSPS) is 20.7. The third-order valence-electron chi connectivity index (χ3n) is 4.13. The van der Waals surface area contributed by atoms with Gasteiger partial charge in [0.25, 0.3) is 0 Å². The number of amides is 2. The summed E-state index contributed by atoms with van der Waals surface area (Å²) < 4.78 is 7.19. The van der Waals surface area contributed by atoms with Crippen molar-refractivity contribution in [2.24, 2.45) is 0 Å². The molecule has 2 amide bonds. The summed E-state index contributed by atoms with van der Waals surface area (Å²) in [7, 11) is 0. The molecule has 0 unspecified atom stereocenters. The van der Waals surface area contributed by atoms with Crippen molar-refractivity contribution < 1.29 is 19.4 Å². The summed E-state index contributed by atoms with van der Waals surface area (Å²) in [5.41, 5.74) is -1.22. The Morgan fingerprint density at radius 1 is 1.33 bits per heavy atom. The maximum Gasteiger partial charge on any atom is 0.329 e. The minimum absolute atomic E-state index is 0.288. The largest absolute Gasteiger partial charge is 0.480 e. The third kappa shape index (κ3) is 2.58. The molecule has 0 spiro atoms. The highest BCUT2D eigenvalue weighted by Gasteiger charge is 2.42. The number of rotatable bonds is 2. The minimum atomic E-state index is -1.22. The van der Waals surface area contributed by atoms with E-state index in [0.29, 0.717) is 32.8 Å². The molecule has 1 saturated heterocycles. The molecule has 3 heterocycles. The molecule has 0 saturated carbocycles. The molecule has 0 bridgehead atoms. The molecule has 0 radical (unpaired) electrons. The minimum Gasteiger partial charge on any atom is -0.480 e. The van der Waals surface area contributed by atoms with Crippen LogP contribution in [0, 0.1) is 0 Å². The van der Waals surface area contributed by atoms with Gasteiger partial charge < -0.3 is 24.6 Å². The number of imidazole rings is 1. The highest BCUT2D eigenvalue weighted by atomic mass is 16.5. The van der Waals surface area contributed by atoms with Gasteiger partial charge in [-0.25, -0.2) is 14.6 Å². The Kier molecular flexibility index (Phi) is 3.54. The lowest BCUT2D eigenvalue weighted by atomic mass is 9.90. The Balaban J connectivity index is 1.69. The van der Waals surface area contributed by atoms with Gasteiger partial charge in [0.05, 0.1) is 6.54 Å². The van der Waals surface area contributed by atoms with Crippen LogP contribution < -0.4 is 5.32 Å². The number of carbonyl (C=O) groups is 2. The second-order valence-electron chi connectivity index (χ2n) is 5.39. The first-order valence-corrected chi connectivity index (χ1v) is 6.99. The second-order valence-corrected chi connectivity index (χ2v) is 5.39. The fourth-order valence-electron chi connectivity index (χ4n) is 2.74. The molecular weight excluding hydrogens is 276 g/mol. The number of nitrogens with zero attached hydrogens (tertiary/aromatic N) is 3. The van der Waals surface area contributed by atoms with E-state index in [0.717, 1.165) is 5.82 Å². The summed E-state index contributed by atoms with van der Waals surface area (Å²) in [5.74, 6) is -0.189. The number of carbonyl (C=O) groups excluding carboxylic acids is 1. The van der Waals surface area contributed by atoms with Crippen molar-refractivity contribution in [2.75, 3.05) is 19.8 Å². The van der Waals surface area contributed by atoms with Crippen LogP contribution in [0.25, 0.3) is 0 Å². The van der Waals surface area contributed by atoms with Gasteiger partial charge in [-0.05, 0) is 0 Å². The van der Waals surface area contributed by atoms with Crippen LogP contribution in [0.15, 0.2) is 12.4 Å². The molecular formula is C13H18N4O4. The number of carboxylic acid groups (broad SMARTS) is 1. The van der Waals surface area contributed by atoms with Crippen LogP contribution in [0.3, 0.4) is 0 Å². The molecule has 2 aliphatic rings. The van der Waals surface area contributed by atoms with Gasteiger partial charge in [-0.1, -0.05) is 0 Å². The van der Waals surface area contributed by atoms with Crippen LogP contribution in [-0.2, 0) is 22.6 Å². The number of fused-ring (bicyclic) bond motifs is 1. The van der Waals surface area contributed by atoms with Gasteiger partial charge in [0.1, 0.15) is 11.4 Å². The number of aliphatic carboxylic acids is 1. The first-order valence-electron chi connectivity index (χ1n) is 6.99. The Labute approximate surface area is 121 Å². The van der Waals surface area contributed by atoms with Crippen molar-refractivity contribution >= 4 is 12.0 Å². The molecule has 1 fully saturated rings. The lowest BCUT2D eigenvalue weighted by molar-refractivity contribution is -0.148. The van der Waals surface area contributed by atoms with E-state index < -0.39 is 11.5 Å². The number of hydrogen-bond donors (Lipinski definition) is 2. The van der Waals surface area contributed by atoms with Gasteiger partial charge >= 0.3 is 12.0 Å². The molecule has 8 heteroatoms. The van der Waals surface area contributed by atoms with Crippen LogP contribution in [0.2, 0.25) is 0 Å². The molecule has 2 aliphatic heterocycles. The average molecular weight is 294 g/mol. The smallest absolute Gasteiger partial charge is 0.329 e. The van der Waals surface area contributed by atoms with Crippen molar-refractivity contribution in [2.45, 2.75) is 31.5 Å². The molecule has 114 valence electrons. The van der Waals surface area contributed by atoms with Gasteiger partial charge in [-0.3, -0.25) is 0 Å². The predicted molar refractivity (Wildman–Crippen MR) is 71.6 cm³/mol. The van der Waals surface area contributed by atoms with E-state index in [2.05, 4.69) is 10.3 Å². The number of hydrogen-bond acceptors (Lipinski definition) is 4. The van der Waals surface area contributed by atoms with E-state index in [1.54, 1.807) is 11.1 Å². The van der Waals surface area contributed by atoms with E-state index in [4.69, 9.17) is 4.74 Å². The molecule has 0 aliphatic carbocycles. The van der Waals surface area contributed by atoms with E-state index in [1.165, 1.54) is 0 Å². The Bertz CT molecular complexity index is 550. The molecule has 3 rings (SSSR count). The number of ether oxygens (including phenoxy) is 1.